The fraction of sp³-hybridized carbons (Fsp3) is 0.357. The number of benzene rings is 2. The summed E-state index contributed by atoms with van der Waals surface area (Å²) in [5.41, 5.74) is 7.99. The lowest BCUT2D eigenvalue weighted by atomic mass is 9.93. The van der Waals surface area contributed by atoms with Crippen molar-refractivity contribution in [1.82, 2.24) is 29.7 Å². The highest BCUT2D eigenvalue weighted by atomic mass is 16.4. The number of hydrogen-bond acceptors (Lipinski definition) is 11. The Labute approximate surface area is 310 Å². The number of carbonyl (C=O) groups is 1. The molecule has 11 nitrogen and oxygen atoms in total. The molecule has 2 aliphatic rings. The van der Waals surface area contributed by atoms with Crippen LogP contribution in [0.1, 0.15) is 58.6 Å². The second-order valence-electron chi connectivity index (χ2n) is 14.2. The maximum atomic E-state index is 12.2. The minimum absolute atomic E-state index is 0.0813. The molecule has 53 heavy (non-hydrogen) atoms. The fourth-order valence-corrected chi connectivity index (χ4v) is 7.42. The number of aliphatic hydroxyl groups excluding tert-OH is 1. The van der Waals surface area contributed by atoms with Crippen molar-refractivity contribution in [3.63, 3.8) is 0 Å². The van der Waals surface area contributed by atoms with E-state index >= 15 is 0 Å². The number of rotatable bonds is 12. The highest BCUT2D eigenvalue weighted by Crippen LogP contribution is 2.37. The van der Waals surface area contributed by atoms with Crippen molar-refractivity contribution >= 4 is 34.3 Å². The van der Waals surface area contributed by atoms with Crippen LogP contribution in [0.2, 0.25) is 0 Å². The van der Waals surface area contributed by atoms with E-state index in [0.29, 0.717) is 18.6 Å². The standard InChI is InChI=1S/C42H46N8O3/c1-28-34(35-9-7-11-37(29(35)2)46-41-39-31(12-15-44-41)22-30(24-45-39)25-50-16-4-5-17-50)8-6-10-36(28)42-47-38(27-51)40(53-42)32(23-43)26-48(3)20-21-49-18-13-33(52)14-19-49/h6-12,15,22,24,26-27,33,52H,4-5,13-14,16-21,25H2,1-3H3,(H,44,46)/b32-26-. The SMILES string of the molecule is Cc1c(Nc2nccc3cc(CN4CCCC4)cnc23)cccc1-c1cccc(-c2nc(C=O)c(/C(C#N)=C\N(C)CCN3CCC(O)CC3)o2)c1C. The van der Waals surface area contributed by atoms with Gasteiger partial charge >= 0.3 is 0 Å². The first kappa shape index (κ1) is 36.0. The number of anilines is 2. The van der Waals surface area contributed by atoms with Gasteiger partial charge in [-0.3, -0.25) is 14.7 Å². The van der Waals surface area contributed by atoms with Crippen LogP contribution in [0, 0.1) is 25.2 Å². The molecular weight excluding hydrogens is 665 g/mol. The number of piperidine rings is 1. The Morgan fingerprint density at radius 1 is 1.02 bits per heavy atom. The van der Waals surface area contributed by atoms with E-state index in [9.17, 15) is 15.2 Å². The molecular formula is C42H46N8O3. The number of aldehydes is 1. The van der Waals surface area contributed by atoms with Crippen LogP contribution in [0.3, 0.4) is 0 Å². The molecule has 0 radical (unpaired) electrons. The van der Waals surface area contributed by atoms with Gasteiger partial charge in [-0.05, 0) is 105 Å². The Hall–Kier alpha value is -5.41. The van der Waals surface area contributed by atoms with Gasteiger partial charge in [-0.15, -0.1) is 0 Å². The molecule has 2 aromatic carbocycles. The van der Waals surface area contributed by atoms with E-state index < -0.39 is 0 Å². The lowest BCUT2D eigenvalue weighted by Crippen LogP contribution is -2.39. The van der Waals surface area contributed by atoms with Crippen molar-refractivity contribution in [3.05, 3.63) is 95.3 Å². The summed E-state index contributed by atoms with van der Waals surface area (Å²) in [6, 6.07) is 18.5. The molecule has 272 valence electrons. The number of pyridine rings is 2. The number of nitrogens with zero attached hydrogens (tertiary/aromatic N) is 7. The van der Waals surface area contributed by atoms with E-state index in [2.05, 4.69) is 56.3 Å². The molecule has 2 aliphatic heterocycles. The summed E-state index contributed by atoms with van der Waals surface area (Å²) < 4.78 is 6.21. The van der Waals surface area contributed by atoms with Gasteiger partial charge in [0, 0.05) is 75.0 Å². The van der Waals surface area contributed by atoms with E-state index in [1.165, 1.54) is 18.4 Å². The van der Waals surface area contributed by atoms with E-state index in [1.54, 1.807) is 6.20 Å². The highest BCUT2D eigenvalue weighted by Gasteiger charge is 2.22. The third-order valence-electron chi connectivity index (χ3n) is 10.5. The predicted octanol–water partition coefficient (Wildman–Crippen LogP) is 6.97. The molecule has 0 amide bonds. The average molecular weight is 711 g/mol. The van der Waals surface area contributed by atoms with Crippen LogP contribution < -0.4 is 5.32 Å². The Morgan fingerprint density at radius 3 is 2.51 bits per heavy atom. The van der Waals surface area contributed by atoms with Gasteiger partial charge in [-0.1, -0.05) is 24.3 Å². The number of carbonyl (C=O) groups excluding carboxylic acids is 1. The van der Waals surface area contributed by atoms with E-state index in [-0.39, 0.29) is 29.0 Å². The van der Waals surface area contributed by atoms with Crippen molar-refractivity contribution in [3.8, 4) is 28.7 Å². The summed E-state index contributed by atoms with van der Waals surface area (Å²) in [6.45, 7) is 10.5. The first-order chi connectivity index (χ1) is 25.8. The number of hydrogen-bond donors (Lipinski definition) is 2. The van der Waals surface area contributed by atoms with Crippen molar-refractivity contribution in [2.45, 2.75) is 52.2 Å². The zero-order valence-corrected chi connectivity index (χ0v) is 30.7. The summed E-state index contributed by atoms with van der Waals surface area (Å²) in [4.78, 5) is 33.0. The first-order valence-electron chi connectivity index (χ1n) is 18.4. The van der Waals surface area contributed by atoms with Gasteiger partial charge in [0.25, 0.3) is 0 Å². The van der Waals surface area contributed by atoms with Gasteiger partial charge in [0.15, 0.2) is 23.6 Å². The zero-order valence-electron chi connectivity index (χ0n) is 30.7. The molecule has 0 aliphatic carbocycles. The third-order valence-corrected chi connectivity index (χ3v) is 10.5. The molecule has 0 bridgehead atoms. The maximum Gasteiger partial charge on any atom is 0.227 e. The molecule has 7 rings (SSSR count). The Kier molecular flexibility index (Phi) is 10.9. The Balaban J connectivity index is 1.12. The highest BCUT2D eigenvalue weighted by molar-refractivity contribution is 5.91. The summed E-state index contributed by atoms with van der Waals surface area (Å²) in [7, 11) is 1.89. The number of fused-ring (bicyclic) bond motifs is 1. The first-order valence-corrected chi connectivity index (χ1v) is 18.4. The minimum Gasteiger partial charge on any atom is -0.434 e. The smallest absolute Gasteiger partial charge is 0.227 e. The fourth-order valence-electron chi connectivity index (χ4n) is 7.42. The molecule has 2 fully saturated rings. The summed E-state index contributed by atoms with van der Waals surface area (Å²) >= 11 is 0. The van der Waals surface area contributed by atoms with Crippen LogP contribution in [0.15, 0.2) is 71.5 Å². The molecule has 0 spiro atoms. The molecule has 3 aromatic heterocycles. The van der Waals surface area contributed by atoms with E-state index in [1.807, 2.05) is 61.6 Å². The van der Waals surface area contributed by atoms with Gasteiger partial charge in [0.05, 0.1) is 6.10 Å². The van der Waals surface area contributed by atoms with Crippen molar-refractivity contribution in [1.29, 1.82) is 5.26 Å². The second-order valence-corrected chi connectivity index (χ2v) is 14.2. The number of oxazole rings is 1. The minimum atomic E-state index is -0.221. The van der Waals surface area contributed by atoms with E-state index in [0.717, 1.165) is 96.5 Å². The summed E-state index contributed by atoms with van der Waals surface area (Å²) in [6.07, 6.45) is 9.97. The van der Waals surface area contributed by atoms with Gasteiger partial charge in [-0.2, -0.15) is 5.26 Å². The Morgan fingerprint density at radius 2 is 1.75 bits per heavy atom. The summed E-state index contributed by atoms with van der Waals surface area (Å²) in [5.74, 6) is 1.13. The number of likely N-dealkylation sites (tertiary alicyclic amines) is 2. The second kappa shape index (κ2) is 16.1. The number of nitriles is 1. The topological polar surface area (TPSA) is 135 Å². The van der Waals surface area contributed by atoms with Crippen molar-refractivity contribution in [2.75, 3.05) is 51.6 Å². The van der Waals surface area contributed by atoms with Crippen LogP contribution in [-0.2, 0) is 6.54 Å². The van der Waals surface area contributed by atoms with Crippen molar-refractivity contribution in [2.24, 2.45) is 0 Å². The number of aromatic nitrogens is 3. The maximum absolute atomic E-state index is 12.2. The van der Waals surface area contributed by atoms with Gasteiger partial charge < -0.3 is 24.6 Å². The van der Waals surface area contributed by atoms with E-state index in [4.69, 9.17) is 9.40 Å². The molecule has 5 heterocycles. The molecule has 11 heteroatoms. The number of likely N-dealkylation sites (N-methyl/N-ethyl adjacent to an activating group) is 1. The number of allylic oxidation sites excluding steroid dienone is 1. The zero-order chi connectivity index (χ0) is 36.9. The number of nitrogens with one attached hydrogen (secondary N) is 1. The molecule has 0 unspecified atom stereocenters. The van der Waals surface area contributed by atoms with Crippen LogP contribution >= 0.6 is 0 Å². The van der Waals surface area contributed by atoms with Gasteiger partial charge in [0.2, 0.25) is 5.89 Å². The lowest BCUT2D eigenvalue weighted by Gasteiger charge is -2.30. The van der Waals surface area contributed by atoms with Crippen LogP contribution in [0.25, 0.3) is 39.1 Å². The summed E-state index contributed by atoms with van der Waals surface area (Å²) in [5, 5.41) is 24.5. The van der Waals surface area contributed by atoms with Crippen molar-refractivity contribution < 1.29 is 14.3 Å². The molecule has 2 N–H and O–H groups in total. The van der Waals surface area contributed by atoms with Crippen LogP contribution in [0.5, 0.6) is 0 Å². The molecule has 2 saturated heterocycles. The van der Waals surface area contributed by atoms with Gasteiger partial charge in [0.1, 0.15) is 17.2 Å². The average Bonchev–Trinajstić information content (AvgIpc) is 3.85. The predicted molar refractivity (Wildman–Crippen MR) is 207 cm³/mol. The quantitative estimate of drug-likeness (QED) is 0.103. The normalized spacial score (nSPS) is 15.9. The third kappa shape index (κ3) is 8.00. The monoisotopic (exact) mass is 710 g/mol. The van der Waals surface area contributed by atoms with Gasteiger partial charge in [-0.25, -0.2) is 9.97 Å². The Bertz CT molecular complexity index is 2170. The molecule has 0 atom stereocenters. The van der Waals surface area contributed by atoms with Crippen LogP contribution in [-0.4, -0.2) is 93.5 Å². The molecule has 0 saturated carbocycles. The largest absolute Gasteiger partial charge is 0.434 e. The molecule has 5 aromatic rings. The lowest BCUT2D eigenvalue weighted by molar-refractivity contribution is 0.0802. The number of aliphatic hydroxyl groups is 1. The van der Waals surface area contributed by atoms with Crippen LogP contribution in [0.4, 0.5) is 11.5 Å².